The van der Waals surface area contributed by atoms with Gasteiger partial charge in [-0.1, -0.05) is 25.4 Å². The van der Waals surface area contributed by atoms with E-state index in [-0.39, 0.29) is 12.5 Å². The molecule has 5 heteroatoms. The van der Waals surface area contributed by atoms with Crippen LogP contribution >= 0.6 is 11.6 Å². The van der Waals surface area contributed by atoms with Crippen LogP contribution < -0.4 is 4.74 Å². The summed E-state index contributed by atoms with van der Waals surface area (Å²) in [5.74, 6) is 1.71. The monoisotopic (exact) mass is 332 g/mol. The lowest BCUT2D eigenvalue weighted by atomic mass is 9.92. The van der Waals surface area contributed by atoms with Crippen LogP contribution in [0.15, 0.2) is 30.5 Å². The Labute approximate surface area is 141 Å². The summed E-state index contributed by atoms with van der Waals surface area (Å²) in [5, 5.41) is 1.46. The Balaban J connectivity index is 1.71. The SMILES string of the molecule is C[C@H]1C[C@H](C)CN(C(=O)COc2ccc(Cl)c3cccnc23)C1. The second kappa shape index (κ2) is 6.75. The number of ether oxygens (including phenoxy) is 1. The van der Waals surface area contributed by atoms with Gasteiger partial charge in [-0.3, -0.25) is 9.78 Å². The Morgan fingerprint density at radius 3 is 2.78 bits per heavy atom. The maximum atomic E-state index is 12.4. The van der Waals surface area contributed by atoms with Gasteiger partial charge in [-0.25, -0.2) is 0 Å². The predicted octanol–water partition coefficient (Wildman–Crippen LogP) is 3.77. The number of carbonyl (C=O) groups is 1. The summed E-state index contributed by atoms with van der Waals surface area (Å²) in [6, 6.07) is 7.27. The van der Waals surface area contributed by atoms with Gasteiger partial charge >= 0.3 is 0 Å². The number of carbonyl (C=O) groups excluding carboxylic acids is 1. The van der Waals surface area contributed by atoms with Crippen molar-refractivity contribution in [3.05, 3.63) is 35.5 Å². The highest BCUT2D eigenvalue weighted by molar-refractivity contribution is 6.35. The average molecular weight is 333 g/mol. The molecular weight excluding hydrogens is 312 g/mol. The largest absolute Gasteiger partial charge is 0.481 e. The van der Waals surface area contributed by atoms with Gasteiger partial charge in [0.05, 0.1) is 5.02 Å². The molecule has 1 saturated heterocycles. The topological polar surface area (TPSA) is 42.4 Å². The molecule has 1 aromatic carbocycles. The van der Waals surface area contributed by atoms with E-state index in [0.717, 1.165) is 18.5 Å². The van der Waals surface area contributed by atoms with Gasteiger partial charge < -0.3 is 9.64 Å². The first kappa shape index (κ1) is 16.1. The summed E-state index contributed by atoms with van der Waals surface area (Å²) < 4.78 is 5.75. The summed E-state index contributed by atoms with van der Waals surface area (Å²) in [5.41, 5.74) is 0.688. The molecule has 122 valence electrons. The minimum absolute atomic E-state index is 0.0300. The fourth-order valence-electron chi connectivity index (χ4n) is 3.33. The highest BCUT2D eigenvalue weighted by Crippen LogP contribution is 2.29. The molecule has 0 unspecified atom stereocenters. The third kappa shape index (κ3) is 3.58. The molecule has 1 fully saturated rings. The van der Waals surface area contributed by atoms with Crippen LogP contribution in [0, 0.1) is 11.8 Å². The first-order valence-electron chi connectivity index (χ1n) is 7.98. The Kier molecular flexibility index (Phi) is 4.71. The Morgan fingerprint density at radius 2 is 2.04 bits per heavy atom. The fourth-order valence-corrected chi connectivity index (χ4v) is 3.54. The minimum Gasteiger partial charge on any atom is -0.481 e. The number of halogens is 1. The van der Waals surface area contributed by atoms with Crippen LogP contribution in [0.4, 0.5) is 0 Å². The van der Waals surface area contributed by atoms with Crippen molar-refractivity contribution in [2.75, 3.05) is 19.7 Å². The van der Waals surface area contributed by atoms with E-state index in [0.29, 0.717) is 28.1 Å². The number of hydrogen-bond donors (Lipinski definition) is 0. The van der Waals surface area contributed by atoms with Crippen LogP contribution in [0.25, 0.3) is 10.9 Å². The van der Waals surface area contributed by atoms with Crippen LogP contribution in [0.2, 0.25) is 5.02 Å². The Bertz CT molecular complexity index is 709. The van der Waals surface area contributed by atoms with Crippen LogP contribution in [0.1, 0.15) is 20.3 Å². The second-order valence-corrected chi connectivity index (χ2v) is 6.89. The predicted molar refractivity (Wildman–Crippen MR) is 91.8 cm³/mol. The van der Waals surface area contributed by atoms with Crippen molar-refractivity contribution in [1.29, 1.82) is 0 Å². The number of likely N-dealkylation sites (tertiary alicyclic amines) is 1. The number of amides is 1. The number of hydrogen-bond acceptors (Lipinski definition) is 3. The molecule has 2 aromatic rings. The Morgan fingerprint density at radius 1 is 1.30 bits per heavy atom. The van der Waals surface area contributed by atoms with E-state index in [4.69, 9.17) is 16.3 Å². The van der Waals surface area contributed by atoms with E-state index in [1.807, 2.05) is 17.0 Å². The van der Waals surface area contributed by atoms with Gasteiger partial charge in [-0.2, -0.15) is 0 Å². The van der Waals surface area contributed by atoms with Crippen LogP contribution in [0.5, 0.6) is 5.75 Å². The third-order valence-corrected chi connectivity index (χ3v) is 4.58. The molecule has 1 aromatic heterocycles. The van der Waals surface area contributed by atoms with Crippen molar-refractivity contribution in [3.8, 4) is 5.75 Å². The standard InChI is InChI=1S/C18H21ClN2O2/c1-12-8-13(2)10-21(9-12)17(22)11-23-16-6-5-15(19)14-4-3-7-20-18(14)16/h3-7,12-13H,8-11H2,1-2H3/t12-,13-/m0/s1. The quantitative estimate of drug-likeness (QED) is 0.859. The zero-order valence-corrected chi connectivity index (χ0v) is 14.2. The molecule has 2 atom stereocenters. The highest BCUT2D eigenvalue weighted by Gasteiger charge is 2.25. The number of fused-ring (bicyclic) bond motifs is 1. The number of nitrogens with zero attached hydrogens (tertiary/aromatic N) is 2. The lowest BCUT2D eigenvalue weighted by Gasteiger charge is -2.34. The van der Waals surface area contributed by atoms with Crippen molar-refractivity contribution in [1.82, 2.24) is 9.88 Å². The summed E-state index contributed by atoms with van der Waals surface area (Å²) in [7, 11) is 0. The van der Waals surface area contributed by atoms with E-state index < -0.39 is 0 Å². The molecule has 1 aliphatic heterocycles. The number of rotatable bonds is 3. The van der Waals surface area contributed by atoms with Gasteiger partial charge in [0.2, 0.25) is 0 Å². The normalized spacial score (nSPS) is 21.4. The van der Waals surface area contributed by atoms with Crippen LogP contribution in [0.3, 0.4) is 0 Å². The Hall–Kier alpha value is -1.81. The van der Waals surface area contributed by atoms with E-state index in [2.05, 4.69) is 18.8 Å². The van der Waals surface area contributed by atoms with Crippen molar-refractivity contribution < 1.29 is 9.53 Å². The smallest absolute Gasteiger partial charge is 0.260 e. The molecule has 1 aliphatic rings. The van der Waals surface area contributed by atoms with E-state index in [1.165, 1.54) is 6.42 Å². The third-order valence-electron chi connectivity index (χ3n) is 4.25. The summed E-state index contributed by atoms with van der Waals surface area (Å²) in [6.45, 7) is 6.03. The summed E-state index contributed by atoms with van der Waals surface area (Å²) in [6.07, 6.45) is 2.87. The van der Waals surface area contributed by atoms with E-state index in [9.17, 15) is 4.79 Å². The first-order chi connectivity index (χ1) is 11.0. The highest BCUT2D eigenvalue weighted by atomic mass is 35.5. The lowest BCUT2D eigenvalue weighted by molar-refractivity contribution is -0.136. The molecular formula is C18H21ClN2O2. The van der Waals surface area contributed by atoms with Crippen molar-refractivity contribution in [3.63, 3.8) is 0 Å². The molecule has 0 spiro atoms. The van der Waals surface area contributed by atoms with Crippen molar-refractivity contribution in [2.45, 2.75) is 20.3 Å². The summed E-state index contributed by atoms with van der Waals surface area (Å²) >= 11 is 6.17. The molecule has 23 heavy (non-hydrogen) atoms. The zero-order valence-electron chi connectivity index (χ0n) is 13.5. The minimum atomic E-state index is 0.0300. The van der Waals surface area contributed by atoms with Gasteiger partial charge in [0, 0.05) is 24.7 Å². The number of piperidine rings is 1. The van der Waals surface area contributed by atoms with E-state index >= 15 is 0 Å². The molecule has 0 N–H and O–H groups in total. The molecule has 0 bridgehead atoms. The molecule has 0 aliphatic carbocycles. The van der Waals surface area contributed by atoms with Crippen molar-refractivity contribution >= 4 is 28.4 Å². The molecule has 0 radical (unpaired) electrons. The molecule has 3 rings (SSSR count). The van der Waals surface area contributed by atoms with Gasteiger partial charge in [-0.05, 0) is 42.5 Å². The fraction of sp³-hybridized carbons (Fsp3) is 0.444. The number of aromatic nitrogens is 1. The van der Waals surface area contributed by atoms with Crippen LogP contribution in [-0.2, 0) is 4.79 Å². The molecule has 2 heterocycles. The molecule has 0 saturated carbocycles. The molecule has 1 amide bonds. The van der Waals surface area contributed by atoms with E-state index in [1.54, 1.807) is 18.3 Å². The number of pyridine rings is 1. The average Bonchev–Trinajstić information content (AvgIpc) is 2.53. The first-order valence-corrected chi connectivity index (χ1v) is 8.36. The summed E-state index contributed by atoms with van der Waals surface area (Å²) in [4.78, 5) is 18.6. The van der Waals surface area contributed by atoms with Crippen molar-refractivity contribution in [2.24, 2.45) is 11.8 Å². The number of benzene rings is 1. The maximum absolute atomic E-state index is 12.4. The lowest BCUT2D eigenvalue weighted by Crippen LogP contribution is -2.44. The maximum Gasteiger partial charge on any atom is 0.260 e. The van der Waals surface area contributed by atoms with Gasteiger partial charge in [-0.15, -0.1) is 0 Å². The van der Waals surface area contributed by atoms with Gasteiger partial charge in [0.1, 0.15) is 11.3 Å². The zero-order chi connectivity index (χ0) is 16.4. The van der Waals surface area contributed by atoms with Crippen LogP contribution in [-0.4, -0.2) is 35.5 Å². The second-order valence-electron chi connectivity index (χ2n) is 6.48. The molecule has 4 nitrogen and oxygen atoms in total. The van der Waals surface area contributed by atoms with Gasteiger partial charge in [0.25, 0.3) is 5.91 Å². The van der Waals surface area contributed by atoms with Gasteiger partial charge in [0.15, 0.2) is 6.61 Å².